The molecular weight excluding hydrogens is 482 g/mol. The first-order chi connectivity index (χ1) is 18.2. The molecular formula is C33H57N5O. The highest BCUT2D eigenvalue weighted by Crippen LogP contribution is 2.50. The van der Waals surface area contributed by atoms with E-state index in [2.05, 4.69) is 99.9 Å². The van der Waals surface area contributed by atoms with Crippen LogP contribution in [0.4, 0.5) is 0 Å². The average Bonchev–Trinajstić information content (AvgIpc) is 2.83. The second kappa shape index (κ2) is 12.8. The second-order valence-electron chi connectivity index (χ2n) is 14.6. The number of hydrogen-bond donors (Lipinski definition) is 3. The van der Waals surface area contributed by atoms with Gasteiger partial charge in [-0.2, -0.15) is 0 Å². The number of phenols is 1. The van der Waals surface area contributed by atoms with Crippen LogP contribution in [-0.4, -0.2) is 76.8 Å². The first-order valence-corrected chi connectivity index (χ1v) is 15.2. The highest BCUT2D eigenvalue weighted by atomic mass is 16.3. The Labute approximate surface area is 238 Å². The van der Waals surface area contributed by atoms with Crippen molar-refractivity contribution in [2.45, 2.75) is 99.2 Å². The first kappa shape index (κ1) is 31.8. The van der Waals surface area contributed by atoms with E-state index in [1.54, 1.807) is 12.3 Å². The topological polar surface area (TPSA) is 63.7 Å². The lowest BCUT2D eigenvalue weighted by Crippen LogP contribution is -2.72. The van der Waals surface area contributed by atoms with Gasteiger partial charge in [-0.15, -0.1) is 0 Å². The van der Waals surface area contributed by atoms with Crippen LogP contribution >= 0.6 is 0 Å². The summed E-state index contributed by atoms with van der Waals surface area (Å²) in [5.74, 6) is 0.255. The number of fused-ring (bicyclic) bond motifs is 1. The third-order valence-corrected chi connectivity index (χ3v) is 8.76. The lowest BCUT2D eigenvalue weighted by Gasteiger charge is -2.63. The largest absolute Gasteiger partial charge is 0.506 e. The van der Waals surface area contributed by atoms with Crippen molar-refractivity contribution in [3.05, 3.63) is 36.0 Å². The van der Waals surface area contributed by atoms with Crippen molar-refractivity contribution in [1.29, 1.82) is 0 Å². The van der Waals surface area contributed by atoms with E-state index in [1.807, 2.05) is 6.07 Å². The van der Waals surface area contributed by atoms with Crippen molar-refractivity contribution in [3.8, 4) is 5.75 Å². The summed E-state index contributed by atoms with van der Waals surface area (Å²) in [6.45, 7) is 29.9. The van der Waals surface area contributed by atoms with Gasteiger partial charge < -0.3 is 15.7 Å². The standard InChI is InChI=1S/C33H57N5O/c1-30(2,3)33(31(4,5)6)25-35-18-11-17-34-19-12-21-37(22-13-23-38(33)32(7,8)9)24-26-15-16-28(39)29-27(26)14-10-20-36-29/h10,14-16,20,34-35,39H,11-13,17-19,21-25H2,1-9H3. The van der Waals surface area contributed by atoms with Gasteiger partial charge in [-0.25, -0.2) is 0 Å². The Balaban J connectivity index is 1.94. The smallest absolute Gasteiger partial charge is 0.141 e. The number of pyridine rings is 1. The molecule has 39 heavy (non-hydrogen) atoms. The van der Waals surface area contributed by atoms with Gasteiger partial charge in [0.1, 0.15) is 11.3 Å². The molecule has 0 amide bonds. The van der Waals surface area contributed by atoms with E-state index in [0.29, 0.717) is 5.52 Å². The molecule has 1 fully saturated rings. The van der Waals surface area contributed by atoms with E-state index < -0.39 is 0 Å². The summed E-state index contributed by atoms with van der Waals surface area (Å²) >= 11 is 0. The third-order valence-electron chi connectivity index (χ3n) is 8.76. The summed E-state index contributed by atoms with van der Waals surface area (Å²) in [6.07, 6.45) is 5.12. The lowest BCUT2D eigenvalue weighted by molar-refractivity contribution is -0.127. The molecule has 2 aromatic rings. The van der Waals surface area contributed by atoms with Crippen molar-refractivity contribution in [3.63, 3.8) is 0 Å². The molecule has 0 bridgehead atoms. The molecule has 3 N–H and O–H groups in total. The number of aromatic nitrogens is 1. The monoisotopic (exact) mass is 539 g/mol. The van der Waals surface area contributed by atoms with Crippen LogP contribution in [0.3, 0.4) is 0 Å². The van der Waals surface area contributed by atoms with E-state index >= 15 is 0 Å². The number of phenolic OH excluding ortho intramolecular Hbond substituents is 1. The number of benzene rings is 1. The van der Waals surface area contributed by atoms with Crippen LogP contribution < -0.4 is 10.6 Å². The Hall–Kier alpha value is -1.73. The number of rotatable bonds is 2. The van der Waals surface area contributed by atoms with Crippen molar-refractivity contribution in [1.82, 2.24) is 25.4 Å². The molecule has 0 radical (unpaired) electrons. The summed E-state index contributed by atoms with van der Waals surface area (Å²) in [5.41, 5.74) is 2.08. The van der Waals surface area contributed by atoms with Crippen LogP contribution in [0, 0.1) is 10.8 Å². The van der Waals surface area contributed by atoms with Gasteiger partial charge in [0.2, 0.25) is 0 Å². The van der Waals surface area contributed by atoms with E-state index in [0.717, 1.165) is 77.0 Å². The van der Waals surface area contributed by atoms with Crippen LogP contribution in [0.25, 0.3) is 10.9 Å². The summed E-state index contributed by atoms with van der Waals surface area (Å²) in [6, 6.07) is 7.93. The molecule has 0 saturated carbocycles. The molecule has 0 atom stereocenters. The van der Waals surface area contributed by atoms with Crippen LogP contribution in [0.5, 0.6) is 5.75 Å². The zero-order valence-corrected chi connectivity index (χ0v) is 26.5. The van der Waals surface area contributed by atoms with Crippen LogP contribution in [0.2, 0.25) is 0 Å². The predicted molar refractivity (Wildman–Crippen MR) is 166 cm³/mol. The molecule has 0 spiro atoms. The zero-order valence-electron chi connectivity index (χ0n) is 26.5. The molecule has 220 valence electrons. The minimum absolute atomic E-state index is 0.0292. The summed E-state index contributed by atoms with van der Waals surface area (Å²) < 4.78 is 0. The van der Waals surface area contributed by atoms with Gasteiger partial charge in [-0.1, -0.05) is 53.7 Å². The van der Waals surface area contributed by atoms with E-state index in [1.165, 1.54) is 5.56 Å². The normalized spacial score (nSPS) is 20.4. The van der Waals surface area contributed by atoms with E-state index in [-0.39, 0.29) is 27.7 Å². The van der Waals surface area contributed by atoms with Crippen LogP contribution in [-0.2, 0) is 6.54 Å². The molecule has 6 nitrogen and oxygen atoms in total. The number of aromatic hydroxyl groups is 1. The van der Waals surface area contributed by atoms with Gasteiger partial charge in [0.15, 0.2) is 0 Å². The molecule has 0 unspecified atom stereocenters. The number of hydrogen-bond acceptors (Lipinski definition) is 6. The fourth-order valence-corrected chi connectivity index (χ4v) is 7.14. The Morgan fingerprint density at radius 1 is 0.821 bits per heavy atom. The number of nitrogens with zero attached hydrogens (tertiary/aromatic N) is 3. The minimum Gasteiger partial charge on any atom is -0.506 e. The van der Waals surface area contributed by atoms with Gasteiger partial charge >= 0.3 is 0 Å². The number of nitrogens with one attached hydrogen (secondary N) is 2. The molecule has 1 aromatic heterocycles. The van der Waals surface area contributed by atoms with Crippen molar-refractivity contribution in [2.24, 2.45) is 10.8 Å². The molecule has 3 rings (SSSR count). The van der Waals surface area contributed by atoms with Gasteiger partial charge in [-0.3, -0.25) is 14.8 Å². The maximum absolute atomic E-state index is 10.4. The van der Waals surface area contributed by atoms with Crippen LogP contribution in [0.15, 0.2) is 30.5 Å². The van der Waals surface area contributed by atoms with Crippen molar-refractivity contribution >= 4 is 10.9 Å². The molecule has 1 aliphatic heterocycles. The Kier molecular flexibility index (Phi) is 10.5. The molecule has 1 aliphatic rings. The molecule has 1 saturated heterocycles. The van der Waals surface area contributed by atoms with E-state index in [4.69, 9.17) is 0 Å². The summed E-state index contributed by atoms with van der Waals surface area (Å²) in [7, 11) is 0. The molecule has 6 heteroatoms. The Bertz CT molecular complexity index is 1030. The highest BCUT2D eigenvalue weighted by molar-refractivity contribution is 5.87. The Morgan fingerprint density at radius 2 is 1.46 bits per heavy atom. The predicted octanol–water partition coefficient (Wildman–Crippen LogP) is 6.04. The molecule has 1 aromatic carbocycles. The maximum atomic E-state index is 10.4. The second-order valence-corrected chi connectivity index (χ2v) is 14.6. The minimum atomic E-state index is -0.0322. The Morgan fingerprint density at radius 3 is 2.13 bits per heavy atom. The fourth-order valence-electron chi connectivity index (χ4n) is 7.14. The summed E-state index contributed by atoms with van der Waals surface area (Å²) in [4.78, 5) is 9.90. The third kappa shape index (κ3) is 7.52. The average molecular weight is 540 g/mol. The highest BCUT2D eigenvalue weighted by Gasteiger charge is 2.56. The van der Waals surface area contributed by atoms with Crippen molar-refractivity contribution < 1.29 is 5.11 Å². The van der Waals surface area contributed by atoms with Gasteiger partial charge in [0.05, 0.1) is 0 Å². The quantitative estimate of drug-likeness (QED) is 0.433. The SMILES string of the molecule is CC(C)(C)N1CCCN(Cc2ccc(O)c3ncccc23)CCCNCCCNCC1(C(C)(C)C)C(C)(C)C. The first-order valence-electron chi connectivity index (χ1n) is 15.2. The van der Waals surface area contributed by atoms with Gasteiger partial charge in [0, 0.05) is 42.3 Å². The zero-order chi connectivity index (χ0) is 28.9. The molecule has 0 aliphatic carbocycles. The molecule has 2 heterocycles. The van der Waals surface area contributed by atoms with E-state index in [9.17, 15) is 5.11 Å². The van der Waals surface area contributed by atoms with Gasteiger partial charge in [-0.05, 0) is 101 Å². The van der Waals surface area contributed by atoms with Crippen molar-refractivity contribution in [2.75, 3.05) is 45.8 Å². The van der Waals surface area contributed by atoms with Crippen LogP contribution in [0.1, 0.15) is 87.1 Å². The lowest BCUT2D eigenvalue weighted by atomic mass is 9.57. The fraction of sp³-hybridized carbons (Fsp3) is 0.727. The summed E-state index contributed by atoms with van der Waals surface area (Å²) in [5, 5.41) is 19.0. The van der Waals surface area contributed by atoms with Gasteiger partial charge in [0.25, 0.3) is 0 Å². The maximum Gasteiger partial charge on any atom is 0.141 e.